The van der Waals surface area contributed by atoms with E-state index in [1.165, 1.54) is 6.33 Å². The lowest BCUT2D eigenvalue weighted by Crippen LogP contribution is -2.54. The monoisotopic (exact) mass is 362 g/mol. The van der Waals surface area contributed by atoms with Crippen LogP contribution < -0.4 is 5.32 Å². The lowest BCUT2D eigenvalue weighted by atomic mass is 9.87. The van der Waals surface area contributed by atoms with Crippen LogP contribution in [-0.4, -0.2) is 48.9 Å². The molecule has 138 valence electrons. The normalized spacial score (nSPS) is 20.6. The number of aromatic amines is 1. The maximum atomic E-state index is 13.3. The Morgan fingerprint density at radius 1 is 1.26 bits per heavy atom. The highest BCUT2D eigenvalue weighted by atomic mass is 16.2. The van der Waals surface area contributed by atoms with Crippen molar-refractivity contribution in [1.82, 2.24) is 24.8 Å². The third-order valence-electron chi connectivity index (χ3n) is 5.70. The molecule has 2 atom stereocenters. The fourth-order valence-electron chi connectivity index (χ4n) is 4.20. The summed E-state index contributed by atoms with van der Waals surface area (Å²) in [5.74, 6) is 0.896. The molecule has 3 heterocycles. The first-order valence-electron chi connectivity index (χ1n) is 9.45. The van der Waals surface area contributed by atoms with Crippen molar-refractivity contribution in [3.63, 3.8) is 0 Å². The summed E-state index contributed by atoms with van der Waals surface area (Å²) in [6.45, 7) is 4.15. The lowest BCUT2D eigenvalue weighted by molar-refractivity contribution is 0.0612. The van der Waals surface area contributed by atoms with Crippen molar-refractivity contribution in [3.8, 4) is 0 Å². The number of nitrogens with one attached hydrogen (secondary N) is 2. The number of anilines is 1. The summed E-state index contributed by atoms with van der Waals surface area (Å²) in [6, 6.07) is 6.65. The summed E-state index contributed by atoms with van der Waals surface area (Å²) < 4.78 is 0. The highest BCUT2D eigenvalue weighted by Crippen LogP contribution is 2.37. The van der Waals surface area contributed by atoms with E-state index in [9.17, 15) is 4.79 Å². The smallest absolute Gasteiger partial charge is 0.254 e. The molecule has 1 aliphatic heterocycles. The number of carbonyl (C=O) groups is 1. The number of hydrogen-bond donors (Lipinski definition) is 2. The molecule has 2 N–H and O–H groups in total. The SMILES string of the molecule is Cc1cccc2c1C(=O)N(C1CC1)C([C@@H](C)Nc1ncnc3nc[nH]c13)C2. The van der Waals surface area contributed by atoms with E-state index in [-0.39, 0.29) is 18.0 Å². The van der Waals surface area contributed by atoms with Gasteiger partial charge in [0.05, 0.1) is 12.4 Å². The molecule has 27 heavy (non-hydrogen) atoms. The fourth-order valence-corrected chi connectivity index (χ4v) is 4.20. The van der Waals surface area contributed by atoms with Gasteiger partial charge in [0.15, 0.2) is 11.5 Å². The number of imidazole rings is 1. The van der Waals surface area contributed by atoms with Gasteiger partial charge in [-0.15, -0.1) is 0 Å². The number of rotatable bonds is 4. The fraction of sp³-hybridized carbons (Fsp3) is 0.400. The second kappa shape index (κ2) is 6.04. The molecule has 1 saturated carbocycles. The molecule has 0 spiro atoms. The number of carbonyl (C=O) groups excluding carboxylic acids is 1. The Hall–Kier alpha value is -2.96. The Bertz CT molecular complexity index is 1020. The number of aryl methyl sites for hydroxylation is 1. The van der Waals surface area contributed by atoms with Crippen LogP contribution in [0.15, 0.2) is 30.9 Å². The molecule has 1 fully saturated rings. The van der Waals surface area contributed by atoms with Crippen LogP contribution >= 0.6 is 0 Å². The minimum atomic E-state index is 0.0459. The van der Waals surface area contributed by atoms with E-state index in [1.807, 2.05) is 19.1 Å². The van der Waals surface area contributed by atoms with Crippen LogP contribution in [0.1, 0.15) is 41.3 Å². The van der Waals surface area contributed by atoms with Gasteiger partial charge in [-0.25, -0.2) is 15.0 Å². The molecule has 2 aliphatic rings. The topological polar surface area (TPSA) is 86.8 Å². The molecule has 2 aromatic heterocycles. The predicted molar refractivity (Wildman–Crippen MR) is 103 cm³/mol. The molecule has 7 nitrogen and oxygen atoms in total. The van der Waals surface area contributed by atoms with Gasteiger partial charge in [0.2, 0.25) is 0 Å². The second-order valence-electron chi connectivity index (χ2n) is 7.58. The van der Waals surface area contributed by atoms with Gasteiger partial charge in [0, 0.05) is 17.6 Å². The van der Waals surface area contributed by atoms with Crippen LogP contribution in [0.25, 0.3) is 11.2 Å². The summed E-state index contributed by atoms with van der Waals surface area (Å²) >= 11 is 0. The van der Waals surface area contributed by atoms with Crippen LogP contribution in [-0.2, 0) is 6.42 Å². The Labute approximate surface area is 157 Å². The van der Waals surface area contributed by atoms with Crippen molar-refractivity contribution in [3.05, 3.63) is 47.5 Å². The first-order chi connectivity index (χ1) is 13.1. The van der Waals surface area contributed by atoms with Crippen LogP contribution in [0.2, 0.25) is 0 Å². The third kappa shape index (κ3) is 2.65. The Morgan fingerprint density at radius 2 is 2.11 bits per heavy atom. The zero-order chi connectivity index (χ0) is 18.5. The minimum absolute atomic E-state index is 0.0459. The average molecular weight is 362 g/mol. The van der Waals surface area contributed by atoms with Crippen LogP contribution in [0.4, 0.5) is 5.82 Å². The molecule has 3 aromatic rings. The Morgan fingerprint density at radius 3 is 2.93 bits per heavy atom. The van der Waals surface area contributed by atoms with E-state index in [2.05, 4.69) is 43.1 Å². The van der Waals surface area contributed by atoms with Crippen molar-refractivity contribution < 1.29 is 4.79 Å². The highest BCUT2D eigenvalue weighted by Gasteiger charge is 2.43. The molecule has 1 unspecified atom stereocenters. The van der Waals surface area contributed by atoms with Crippen molar-refractivity contribution in [2.45, 2.75) is 51.2 Å². The first kappa shape index (κ1) is 16.2. The molecular weight excluding hydrogens is 340 g/mol. The summed E-state index contributed by atoms with van der Waals surface area (Å²) in [6.07, 6.45) is 6.17. The van der Waals surface area contributed by atoms with Gasteiger partial charge < -0.3 is 15.2 Å². The summed E-state index contributed by atoms with van der Waals surface area (Å²) in [5.41, 5.74) is 4.54. The van der Waals surface area contributed by atoms with E-state index in [0.29, 0.717) is 11.7 Å². The van der Waals surface area contributed by atoms with E-state index < -0.39 is 0 Å². The van der Waals surface area contributed by atoms with E-state index in [4.69, 9.17) is 0 Å². The molecule has 1 aliphatic carbocycles. The zero-order valence-corrected chi connectivity index (χ0v) is 15.4. The van der Waals surface area contributed by atoms with Crippen molar-refractivity contribution in [2.24, 2.45) is 0 Å². The van der Waals surface area contributed by atoms with Gasteiger partial charge in [-0.2, -0.15) is 0 Å². The molecule has 0 saturated heterocycles. The van der Waals surface area contributed by atoms with Gasteiger partial charge in [-0.3, -0.25) is 4.79 Å². The van der Waals surface area contributed by atoms with E-state index >= 15 is 0 Å². The van der Waals surface area contributed by atoms with Gasteiger partial charge in [0.25, 0.3) is 5.91 Å². The second-order valence-corrected chi connectivity index (χ2v) is 7.58. The molecule has 0 bridgehead atoms. The largest absolute Gasteiger partial charge is 0.364 e. The van der Waals surface area contributed by atoms with Crippen LogP contribution in [0.5, 0.6) is 0 Å². The standard InChI is InChI=1S/C20H22N6O/c1-11-4-3-5-13-8-15(26(14-6-7-14)20(27)16(11)13)12(2)25-19-17-18(22-9-21-17)23-10-24-19/h3-5,9-10,12,14-15H,6-8H2,1-2H3,(H2,21,22,23,24,25)/t12-,15?/m1/s1. The number of H-pyrrole nitrogens is 1. The summed E-state index contributed by atoms with van der Waals surface area (Å²) in [4.78, 5) is 31.3. The maximum absolute atomic E-state index is 13.3. The first-order valence-corrected chi connectivity index (χ1v) is 9.45. The van der Waals surface area contributed by atoms with Gasteiger partial charge in [0.1, 0.15) is 11.8 Å². The number of aromatic nitrogens is 4. The van der Waals surface area contributed by atoms with E-state index in [1.54, 1.807) is 6.33 Å². The number of fused-ring (bicyclic) bond motifs is 2. The highest BCUT2D eigenvalue weighted by molar-refractivity contribution is 5.99. The Balaban J connectivity index is 1.49. The minimum Gasteiger partial charge on any atom is -0.364 e. The molecule has 0 radical (unpaired) electrons. The number of hydrogen-bond acceptors (Lipinski definition) is 5. The molecule has 5 rings (SSSR count). The predicted octanol–water partition coefficient (Wildman–Crippen LogP) is 2.69. The number of amides is 1. The van der Waals surface area contributed by atoms with Crippen molar-refractivity contribution >= 4 is 22.9 Å². The van der Waals surface area contributed by atoms with Gasteiger partial charge >= 0.3 is 0 Å². The van der Waals surface area contributed by atoms with E-state index in [0.717, 1.165) is 47.3 Å². The number of nitrogens with zero attached hydrogens (tertiary/aromatic N) is 4. The number of benzene rings is 1. The van der Waals surface area contributed by atoms with Gasteiger partial charge in [-0.05, 0) is 44.2 Å². The van der Waals surface area contributed by atoms with Crippen LogP contribution in [0, 0.1) is 6.92 Å². The summed E-state index contributed by atoms with van der Waals surface area (Å²) in [7, 11) is 0. The van der Waals surface area contributed by atoms with Crippen molar-refractivity contribution in [2.75, 3.05) is 5.32 Å². The molecule has 7 heteroatoms. The van der Waals surface area contributed by atoms with Crippen molar-refractivity contribution in [1.29, 1.82) is 0 Å². The van der Waals surface area contributed by atoms with Crippen LogP contribution in [0.3, 0.4) is 0 Å². The zero-order valence-electron chi connectivity index (χ0n) is 15.4. The third-order valence-corrected chi connectivity index (χ3v) is 5.70. The molecule has 1 aromatic carbocycles. The molecular formula is C20H22N6O. The quantitative estimate of drug-likeness (QED) is 0.745. The van der Waals surface area contributed by atoms with Gasteiger partial charge in [-0.1, -0.05) is 18.2 Å². The maximum Gasteiger partial charge on any atom is 0.254 e. The molecule has 1 amide bonds. The Kier molecular flexibility index (Phi) is 3.63. The average Bonchev–Trinajstić information content (AvgIpc) is 3.37. The lowest BCUT2D eigenvalue weighted by Gasteiger charge is -2.41. The summed E-state index contributed by atoms with van der Waals surface area (Å²) in [5, 5.41) is 3.50.